The van der Waals surface area contributed by atoms with E-state index < -0.39 is 55.4 Å². The number of benzene rings is 2. The van der Waals surface area contributed by atoms with Crippen molar-refractivity contribution in [3.8, 4) is 23.0 Å². The molecule has 0 atom stereocenters. The van der Waals surface area contributed by atoms with Crippen molar-refractivity contribution in [2.75, 3.05) is 35.5 Å². The molecule has 364 valence electrons. The van der Waals surface area contributed by atoms with Crippen LogP contribution in [0, 0.1) is 0 Å². The number of aliphatic carboxylic acids is 1. The Balaban J connectivity index is 0. The van der Waals surface area contributed by atoms with Crippen LogP contribution in [0.15, 0.2) is 36.4 Å². The standard InChI is InChI=1S/C17H21F2NO4S.C14H14F2O4S.C4H11N.ClH.S10.S2/c1-10(2)20(22)16(21)5-6-17(18,19)15-8-11-7-12(23-3)13(24-4)9-14(11)25-15;1-19-9-5-8-6-12(14(15,16)4-3-13(17)18)21-11(8)7-10(9)20-2;1-4(2)5-3;;1-3-5-7-9-10-8-6-4-2;1-2/h7-10,22H,5-6H2,1-4H3;5-7H,3-4H2,1-2H3,(H,17,18);4-5H,1-3H3;1H;;. The molecule has 2 heterocycles. The molecule has 0 fully saturated rings. The average Bonchev–Trinajstić information content (AvgIpc) is 3.91. The van der Waals surface area contributed by atoms with E-state index in [1.54, 1.807) is 91.4 Å². The summed E-state index contributed by atoms with van der Waals surface area (Å²) >= 11 is 18.5. The molecule has 4 rings (SSSR count). The van der Waals surface area contributed by atoms with E-state index in [4.69, 9.17) is 24.1 Å². The Morgan fingerprint density at radius 2 is 1.02 bits per heavy atom. The zero-order chi connectivity index (χ0) is 48.3. The topological polar surface area (TPSA) is 127 Å². The van der Waals surface area contributed by atoms with Crippen LogP contribution in [0.4, 0.5) is 17.6 Å². The number of ether oxygens (including phenoxy) is 4. The molecule has 29 heteroatoms. The van der Waals surface area contributed by atoms with Crippen LogP contribution < -0.4 is 24.3 Å². The molecule has 0 aliphatic carbocycles. The molecule has 64 heavy (non-hydrogen) atoms. The van der Waals surface area contributed by atoms with Gasteiger partial charge in [-0.15, -0.1) is 35.1 Å². The molecule has 0 bridgehead atoms. The van der Waals surface area contributed by atoms with Gasteiger partial charge < -0.3 is 29.4 Å². The van der Waals surface area contributed by atoms with Crippen LogP contribution in [0.2, 0.25) is 0 Å². The number of amides is 1. The number of hydrogen-bond donors (Lipinski definition) is 3. The van der Waals surface area contributed by atoms with Crippen LogP contribution >= 0.6 is 35.1 Å². The lowest BCUT2D eigenvalue weighted by molar-refractivity contribution is -0.174. The molecule has 0 unspecified atom stereocenters. The van der Waals surface area contributed by atoms with Crippen molar-refractivity contribution in [3.05, 3.63) is 46.2 Å². The molecular weight excluding hydrogens is 1140 g/mol. The Labute approximate surface area is 427 Å². The van der Waals surface area contributed by atoms with Crippen LogP contribution in [0.1, 0.15) is 63.1 Å². The van der Waals surface area contributed by atoms with E-state index in [-0.39, 0.29) is 22.2 Å². The molecule has 0 spiro atoms. The summed E-state index contributed by atoms with van der Waals surface area (Å²) in [6, 6.07) is 9.49. The molecule has 0 aliphatic rings. The maximum Gasteiger partial charge on any atom is 0.303 e. The van der Waals surface area contributed by atoms with Crippen molar-refractivity contribution in [1.29, 1.82) is 0 Å². The van der Waals surface area contributed by atoms with E-state index in [2.05, 4.69) is 63.9 Å². The number of nitrogens with one attached hydrogen (secondary N) is 1. The van der Waals surface area contributed by atoms with E-state index in [1.807, 2.05) is 7.05 Å². The molecule has 1 amide bonds. The Kier molecular flexibility index (Phi) is 35.9. The van der Waals surface area contributed by atoms with Gasteiger partial charge in [0.05, 0.1) is 50.7 Å². The fourth-order valence-corrected chi connectivity index (χ4v) is 23.0. The third-order valence-electron chi connectivity index (χ3n) is 7.59. The van der Waals surface area contributed by atoms with Gasteiger partial charge >= 0.3 is 5.97 Å². The summed E-state index contributed by atoms with van der Waals surface area (Å²) in [5, 5.41) is 22.8. The van der Waals surface area contributed by atoms with Crippen molar-refractivity contribution < 1.29 is 56.4 Å². The minimum absolute atomic E-state index is 0. The summed E-state index contributed by atoms with van der Waals surface area (Å²) in [5.41, 5.74) is 0. The fraction of sp³-hybridized carbons (Fsp3) is 0.486. The lowest BCUT2D eigenvalue weighted by Crippen LogP contribution is -2.34. The van der Waals surface area contributed by atoms with E-state index in [0.29, 0.717) is 54.3 Å². The van der Waals surface area contributed by atoms with E-state index in [9.17, 15) is 32.4 Å². The predicted molar refractivity (Wildman–Crippen MR) is 287 cm³/mol. The van der Waals surface area contributed by atoms with Crippen LogP contribution in [-0.4, -0.2) is 74.8 Å². The number of carboxylic acid groups (broad SMARTS) is 1. The summed E-state index contributed by atoms with van der Waals surface area (Å²) in [7, 11) is 20.5. The minimum Gasteiger partial charge on any atom is -0.493 e. The van der Waals surface area contributed by atoms with Gasteiger partial charge in [0.2, 0.25) is 5.91 Å². The predicted octanol–water partition coefficient (Wildman–Crippen LogP) is 9.30. The van der Waals surface area contributed by atoms with E-state index in [1.165, 1.54) is 58.3 Å². The third-order valence-corrected chi connectivity index (χ3v) is 25.6. The normalized spacial score (nSPS) is 10.3. The van der Waals surface area contributed by atoms with Crippen LogP contribution in [0.25, 0.3) is 20.2 Å². The van der Waals surface area contributed by atoms with Crippen LogP contribution in [-0.2, 0) is 137 Å². The van der Waals surface area contributed by atoms with Crippen LogP contribution in [0.3, 0.4) is 0 Å². The number of halogens is 5. The molecule has 0 saturated carbocycles. The first-order valence-electron chi connectivity index (χ1n) is 17.5. The van der Waals surface area contributed by atoms with E-state index >= 15 is 0 Å². The molecule has 10 nitrogen and oxygen atoms in total. The van der Waals surface area contributed by atoms with Gasteiger partial charge in [-0.05, 0) is 55.9 Å². The highest BCUT2D eigenvalue weighted by molar-refractivity contribution is 8.73. The van der Waals surface area contributed by atoms with Gasteiger partial charge in [-0.1, -0.05) is 13.8 Å². The lowest BCUT2D eigenvalue weighted by Gasteiger charge is -2.20. The second kappa shape index (κ2) is 35.2. The first-order valence-corrected chi connectivity index (χ1v) is 32.4. The van der Waals surface area contributed by atoms with Gasteiger partial charge in [0.25, 0.3) is 11.8 Å². The highest BCUT2D eigenvalue weighted by atomic mass is 35.5. The summed E-state index contributed by atoms with van der Waals surface area (Å²) < 4.78 is 78.9. The maximum absolute atomic E-state index is 14.5. The van der Waals surface area contributed by atoms with Gasteiger partial charge in [0.15, 0.2) is 23.0 Å². The number of nitrogens with zero attached hydrogens (tertiary/aromatic N) is 1. The number of rotatable bonds is 14. The summed E-state index contributed by atoms with van der Waals surface area (Å²) in [6.07, 6.45) is -2.41. The van der Waals surface area contributed by atoms with Crippen molar-refractivity contribution in [2.24, 2.45) is 0 Å². The molecule has 3 N–H and O–H groups in total. The number of carbonyl (C=O) groups is 2. The number of hydroxylamine groups is 2. The zero-order valence-corrected chi connectivity index (χ0v) is 47.6. The smallest absolute Gasteiger partial charge is 0.303 e. The first-order chi connectivity index (χ1) is 29.7. The van der Waals surface area contributed by atoms with Gasteiger partial charge in [0, 0.05) is 163 Å². The van der Waals surface area contributed by atoms with Gasteiger partial charge in [-0.3, -0.25) is 14.8 Å². The second-order valence-electron chi connectivity index (χ2n) is 12.3. The summed E-state index contributed by atoms with van der Waals surface area (Å²) in [5.74, 6) is -6.44. The van der Waals surface area contributed by atoms with Crippen molar-refractivity contribution in [2.45, 2.75) is 77.3 Å². The molecule has 0 saturated heterocycles. The first kappa shape index (κ1) is 65.2. The fourth-order valence-electron chi connectivity index (χ4n) is 4.34. The van der Waals surface area contributed by atoms with Crippen molar-refractivity contribution in [1.82, 2.24) is 10.4 Å². The molecule has 4 aromatic rings. The number of fused-ring (bicyclic) bond motifs is 2. The summed E-state index contributed by atoms with van der Waals surface area (Å²) in [4.78, 5) is 21.9. The second-order valence-corrected chi connectivity index (χ2v) is 28.7. The highest BCUT2D eigenvalue weighted by Gasteiger charge is 2.36. The quantitative estimate of drug-likeness (QED) is 0.0632. The van der Waals surface area contributed by atoms with E-state index in [0.717, 1.165) is 22.7 Å². The Morgan fingerprint density at radius 3 is 1.31 bits per heavy atom. The Bertz CT molecular complexity index is 2330. The number of alkyl halides is 4. The third kappa shape index (κ3) is 23.9. The van der Waals surface area contributed by atoms with Gasteiger partial charge in [-0.25, -0.2) is 22.6 Å². The van der Waals surface area contributed by atoms with Crippen molar-refractivity contribution >= 4 is 183 Å². The number of thiophene rings is 2. The highest BCUT2D eigenvalue weighted by Crippen LogP contribution is 2.44. The molecule has 2 aromatic heterocycles. The zero-order valence-electron chi connectivity index (χ0n) is 35.4. The average molecular weight is 1180 g/mol. The maximum atomic E-state index is 14.5. The Hall–Kier alpha value is -0.930. The SMILES string of the molecule is CNC(C)C.COc1cc2cc(C(F)(F)CCC(=O)N(O)C(C)C)sc2cc1OC.COc1cc2cc(C(F)(F)CCC(=O)O)sc2cc1OC.Cl.S=S.S=S=S=S=S=S=S=S=S=S. The molecule has 0 radical (unpaired) electrons. The van der Waals surface area contributed by atoms with Crippen LogP contribution in [0.5, 0.6) is 23.0 Å². The monoisotopic (exact) mass is 1180 g/mol. The minimum atomic E-state index is -3.17. The largest absolute Gasteiger partial charge is 0.493 e. The Morgan fingerprint density at radius 1 is 0.688 bits per heavy atom. The molecular formula is C35H47ClF4N2O8S14. The van der Waals surface area contributed by atoms with Gasteiger partial charge in [0.1, 0.15) is 0 Å². The molecule has 0 aliphatic heterocycles. The van der Waals surface area contributed by atoms with Crippen molar-refractivity contribution in [3.63, 3.8) is 0 Å². The number of carboxylic acids is 1. The van der Waals surface area contributed by atoms with Gasteiger partial charge in [-0.2, -0.15) is 0 Å². The number of hydrogen-bond acceptors (Lipinski definition) is 14. The number of carbonyl (C=O) groups excluding carboxylic acids is 1. The summed E-state index contributed by atoms with van der Waals surface area (Å²) in [6.45, 7) is 7.42. The molecule has 2 aromatic carbocycles. The number of methoxy groups -OCH3 is 4. The lowest BCUT2D eigenvalue weighted by atomic mass is 10.1.